The Balaban J connectivity index is 1.58. The molecular formula is C15H21NO2. The van der Waals surface area contributed by atoms with Gasteiger partial charge in [-0.25, -0.2) is 0 Å². The Hall–Kier alpha value is -0.900. The fourth-order valence-corrected chi connectivity index (χ4v) is 3.28. The summed E-state index contributed by atoms with van der Waals surface area (Å²) >= 11 is 0. The van der Waals surface area contributed by atoms with E-state index in [-0.39, 0.29) is 18.9 Å². The molecule has 1 aromatic rings. The zero-order valence-electron chi connectivity index (χ0n) is 10.6. The molecule has 3 heteroatoms. The Morgan fingerprint density at radius 1 is 1.22 bits per heavy atom. The van der Waals surface area contributed by atoms with Crippen LogP contribution in [0.25, 0.3) is 0 Å². The van der Waals surface area contributed by atoms with Crippen LogP contribution in [0.1, 0.15) is 18.4 Å². The van der Waals surface area contributed by atoms with Crippen molar-refractivity contribution in [2.24, 2.45) is 11.8 Å². The number of ether oxygens (including phenoxy) is 1. The lowest BCUT2D eigenvalue weighted by Crippen LogP contribution is -2.44. The van der Waals surface area contributed by atoms with Gasteiger partial charge in [0, 0.05) is 12.5 Å². The summed E-state index contributed by atoms with van der Waals surface area (Å²) in [6.45, 7) is 1.17. The molecule has 3 nitrogen and oxygen atoms in total. The SMILES string of the molecule is OCC1CC2CC(Cc3ccccc3)CNC2O1. The van der Waals surface area contributed by atoms with Gasteiger partial charge < -0.3 is 9.84 Å². The Labute approximate surface area is 108 Å². The molecule has 2 aliphatic heterocycles. The van der Waals surface area contributed by atoms with Gasteiger partial charge in [0.2, 0.25) is 0 Å². The van der Waals surface area contributed by atoms with Crippen molar-refractivity contribution in [3.63, 3.8) is 0 Å². The zero-order chi connectivity index (χ0) is 12.4. The third-order valence-corrected chi connectivity index (χ3v) is 4.15. The maximum Gasteiger partial charge on any atom is 0.111 e. The van der Waals surface area contributed by atoms with Gasteiger partial charge in [-0.1, -0.05) is 30.3 Å². The molecule has 4 unspecified atom stereocenters. The molecule has 2 heterocycles. The van der Waals surface area contributed by atoms with Gasteiger partial charge in [0.25, 0.3) is 0 Å². The molecule has 18 heavy (non-hydrogen) atoms. The monoisotopic (exact) mass is 247 g/mol. The van der Waals surface area contributed by atoms with E-state index in [1.807, 2.05) is 0 Å². The van der Waals surface area contributed by atoms with Crippen molar-refractivity contribution >= 4 is 0 Å². The lowest BCUT2D eigenvalue weighted by atomic mass is 9.84. The number of aliphatic hydroxyl groups excluding tert-OH is 1. The molecule has 0 amide bonds. The van der Waals surface area contributed by atoms with Crippen LogP contribution in [-0.2, 0) is 11.2 Å². The predicted molar refractivity (Wildman–Crippen MR) is 70.1 cm³/mol. The number of hydrogen-bond acceptors (Lipinski definition) is 3. The highest BCUT2D eigenvalue weighted by molar-refractivity contribution is 5.15. The molecule has 2 aliphatic rings. The second-order valence-electron chi connectivity index (χ2n) is 5.56. The van der Waals surface area contributed by atoms with Gasteiger partial charge >= 0.3 is 0 Å². The molecule has 98 valence electrons. The van der Waals surface area contributed by atoms with Crippen LogP contribution >= 0.6 is 0 Å². The van der Waals surface area contributed by atoms with Crippen molar-refractivity contribution in [2.45, 2.75) is 31.6 Å². The van der Waals surface area contributed by atoms with E-state index in [2.05, 4.69) is 35.6 Å². The minimum atomic E-state index is 0.0444. The van der Waals surface area contributed by atoms with Crippen molar-refractivity contribution in [3.8, 4) is 0 Å². The second kappa shape index (κ2) is 5.39. The van der Waals surface area contributed by atoms with Crippen molar-refractivity contribution in [3.05, 3.63) is 35.9 Å². The number of benzene rings is 1. The van der Waals surface area contributed by atoms with Crippen LogP contribution in [0.4, 0.5) is 0 Å². The first-order chi connectivity index (χ1) is 8.85. The van der Waals surface area contributed by atoms with Gasteiger partial charge in [-0.15, -0.1) is 0 Å². The van der Waals surface area contributed by atoms with Crippen molar-refractivity contribution in [1.29, 1.82) is 0 Å². The summed E-state index contributed by atoms with van der Waals surface area (Å²) in [5.41, 5.74) is 1.42. The molecule has 4 atom stereocenters. The van der Waals surface area contributed by atoms with E-state index in [0.717, 1.165) is 19.4 Å². The normalized spacial score (nSPS) is 35.4. The second-order valence-corrected chi connectivity index (χ2v) is 5.56. The highest BCUT2D eigenvalue weighted by Gasteiger charge is 2.39. The van der Waals surface area contributed by atoms with E-state index in [1.54, 1.807) is 0 Å². The molecular weight excluding hydrogens is 226 g/mol. The first-order valence-electron chi connectivity index (χ1n) is 6.89. The molecule has 0 bridgehead atoms. The van der Waals surface area contributed by atoms with Crippen LogP contribution in [0.2, 0.25) is 0 Å². The summed E-state index contributed by atoms with van der Waals surface area (Å²) in [5, 5.41) is 12.6. The number of hydrogen-bond donors (Lipinski definition) is 2. The van der Waals surface area contributed by atoms with Crippen molar-refractivity contribution in [1.82, 2.24) is 5.32 Å². The highest BCUT2D eigenvalue weighted by Crippen LogP contribution is 2.34. The smallest absolute Gasteiger partial charge is 0.111 e. The van der Waals surface area contributed by atoms with Gasteiger partial charge in [0.1, 0.15) is 6.23 Å². The zero-order valence-corrected chi connectivity index (χ0v) is 10.6. The topological polar surface area (TPSA) is 41.5 Å². The van der Waals surface area contributed by atoms with Gasteiger partial charge in [-0.05, 0) is 30.7 Å². The lowest BCUT2D eigenvalue weighted by molar-refractivity contribution is -0.0237. The minimum absolute atomic E-state index is 0.0444. The highest BCUT2D eigenvalue weighted by atomic mass is 16.5. The third-order valence-electron chi connectivity index (χ3n) is 4.15. The van der Waals surface area contributed by atoms with Gasteiger partial charge in [-0.3, -0.25) is 5.32 Å². The van der Waals surface area contributed by atoms with Crippen LogP contribution in [0.5, 0.6) is 0 Å². The third kappa shape index (κ3) is 2.58. The van der Waals surface area contributed by atoms with Crippen LogP contribution < -0.4 is 5.32 Å². The number of nitrogens with one attached hydrogen (secondary N) is 1. The molecule has 2 saturated heterocycles. The molecule has 2 fully saturated rings. The maximum absolute atomic E-state index is 9.16. The number of rotatable bonds is 3. The molecule has 0 saturated carbocycles. The molecule has 0 radical (unpaired) electrons. The van der Waals surface area contributed by atoms with Gasteiger partial charge in [0.15, 0.2) is 0 Å². The fourth-order valence-electron chi connectivity index (χ4n) is 3.28. The molecule has 1 aromatic carbocycles. The summed E-state index contributed by atoms with van der Waals surface area (Å²) in [7, 11) is 0. The molecule has 0 aliphatic carbocycles. The number of aliphatic hydroxyl groups is 1. The average Bonchev–Trinajstić information content (AvgIpc) is 2.82. The minimum Gasteiger partial charge on any atom is -0.394 e. The largest absolute Gasteiger partial charge is 0.394 e. The lowest BCUT2D eigenvalue weighted by Gasteiger charge is -2.32. The Kier molecular flexibility index (Phi) is 3.64. The molecule has 2 N–H and O–H groups in total. The Morgan fingerprint density at radius 2 is 2.06 bits per heavy atom. The average molecular weight is 247 g/mol. The van der Waals surface area contributed by atoms with Crippen molar-refractivity contribution < 1.29 is 9.84 Å². The Morgan fingerprint density at radius 3 is 2.83 bits per heavy atom. The van der Waals surface area contributed by atoms with Crippen LogP contribution in [0.15, 0.2) is 30.3 Å². The van der Waals surface area contributed by atoms with Crippen molar-refractivity contribution in [2.75, 3.05) is 13.2 Å². The van der Waals surface area contributed by atoms with E-state index in [0.29, 0.717) is 11.8 Å². The van der Waals surface area contributed by atoms with Gasteiger partial charge in [0.05, 0.1) is 12.7 Å². The number of fused-ring (bicyclic) bond motifs is 1. The van der Waals surface area contributed by atoms with Gasteiger partial charge in [-0.2, -0.15) is 0 Å². The fraction of sp³-hybridized carbons (Fsp3) is 0.600. The maximum atomic E-state index is 9.16. The molecule has 3 rings (SSSR count). The van der Waals surface area contributed by atoms with Crippen LogP contribution in [0, 0.1) is 11.8 Å². The van der Waals surface area contributed by atoms with E-state index < -0.39 is 0 Å². The summed E-state index contributed by atoms with van der Waals surface area (Å²) in [6, 6.07) is 10.7. The first-order valence-corrected chi connectivity index (χ1v) is 6.89. The summed E-state index contributed by atoms with van der Waals surface area (Å²) in [4.78, 5) is 0. The predicted octanol–water partition coefficient (Wildman–Crippen LogP) is 1.56. The quantitative estimate of drug-likeness (QED) is 0.852. The number of piperidine rings is 1. The van der Waals surface area contributed by atoms with Crippen LogP contribution in [-0.4, -0.2) is 30.6 Å². The first kappa shape index (κ1) is 12.2. The molecule has 0 spiro atoms. The van der Waals surface area contributed by atoms with E-state index in [9.17, 15) is 0 Å². The van der Waals surface area contributed by atoms with E-state index in [4.69, 9.17) is 9.84 Å². The summed E-state index contributed by atoms with van der Waals surface area (Å²) < 4.78 is 5.75. The van der Waals surface area contributed by atoms with E-state index >= 15 is 0 Å². The summed E-state index contributed by atoms with van der Waals surface area (Å²) in [5.74, 6) is 1.26. The summed E-state index contributed by atoms with van der Waals surface area (Å²) in [6.07, 6.45) is 3.57. The molecule has 0 aromatic heterocycles. The van der Waals surface area contributed by atoms with Crippen LogP contribution in [0.3, 0.4) is 0 Å². The van der Waals surface area contributed by atoms with E-state index in [1.165, 1.54) is 12.0 Å². The Bertz CT molecular complexity index is 381. The standard InChI is InChI=1S/C15H21NO2/c17-10-14-8-13-7-12(9-16-15(13)18-14)6-11-4-2-1-3-5-11/h1-5,12-17H,6-10H2.